The molecule has 2 aromatic rings. The van der Waals surface area contributed by atoms with E-state index >= 15 is 0 Å². The maximum atomic E-state index is 13.9. The third-order valence-corrected chi connectivity index (χ3v) is 4.82. The van der Waals surface area contributed by atoms with Gasteiger partial charge in [0.25, 0.3) is 5.92 Å². The standard InChI is InChI=1S/C15H7Cl2F5N4O3.C2H6O/c16-6-1-5(29-15(20,21)22)2-7(17)10(6)26-11(24)9(8(3-23)25-26)13(12(27)28)4-14(13,18)19;1-2-3/h1-2H,4,24H2,(H,27,28);3H,2H2,1H3. The highest BCUT2D eigenvalue weighted by Crippen LogP contribution is 2.63. The first-order valence-electron chi connectivity index (χ1n) is 8.43. The maximum absolute atomic E-state index is 13.9. The Balaban J connectivity index is 0.00000114. The van der Waals surface area contributed by atoms with Crippen molar-refractivity contribution in [2.45, 2.75) is 31.0 Å². The Bertz CT molecular complexity index is 1080. The van der Waals surface area contributed by atoms with Gasteiger partial charge in [0.05, 0.1) is 15.6 Å². The highest BCUT2D eigenvalue weighted by atomic mass is 35.5. The Morgan fingerprint density at radius 3 is 2.19 bits per heavy atom. The van der Waals surface area contributed by atoms with E-state index in [1.807, 2.05) is 0 Å². The second kappa shape index (κ2) is 8.61. The monoisotopic (exact) mass is 502 g/mol. The molecule has 1 unspecified atom stereocenters. The molecule has 1 atom stereocenters. The van der Waals surface area contributed by atoms with E-state index in [0.29, 0.717) is 16.8 Å². The molecule has 8 nitrogen and oxygen atoms in total. The summed E-state index contributed by atoms with van der Waals surface area (Å²) >= 11 is 11.9. The summed E-state index contributed by atoms with van der Waals surface area (Å²) in [6.45, 7) is 1.93. The van der Waals surface area contributed by atoms with Gasteiger partial charge in [-0.3, -0.25) is 4.79 Å². The quantitative estimate of drug-likeness (QED) is 0.539. The van der Waals surface area contributed by atoms with E-state index in [-0.39, 0.29) is 12.3 Å². The van der Waals surface area contributed by atoms with Crippen LogP contribution in [0.3, 0.4) is 0 Å². The summed E-state index contributed by atoms with van der Waals surface area (Å²) in [5.41, 5.74) is 1.23. The molecule has 3 rings (SSSR count). The Hall–Kier alpha value is -2.82. The molecule has 0 radical (unpaired) electrons. The third kappa shape index (κ3) is 4.38. The molecule has 1 aliphatic rings. The lowest BCUT2D eigenvalue weighted by Gasteiger charge is -2.14. The van der Waals surface area contributed by atoms with Crippen LogP contribution in [0.15, 0.2) is 12.1 Å². The minimum Gasteiger partial charge on any atom is -0.480 e. The molecule has 1 aromatic carbocycles. The van der Waals surface area contributed by atoms with Crippen molar-refractivity contribution in [3.63, 3.8) is 0 Å². The van der Waals surface area contributed by atoms with Crippen LogP contribution in [0.5, 0.6) is 5.75 Å². The number of halogens is 7. The first kappa shape index (κ1) is 25.4. The van der Waals surface area contributed by atoms with E-state index in [1.54, 1.807) is 6.92 Å². The van der Waals surface area contributed by atoms with E-state index < -0.39 is 63.0 Å². The molecular formula is C17H13Cl2F5N4O4. The van der Waals surface area contributed by atoms with Gasteiger partial charge in [-0.2, -0.15) is 10.4 Å². The molecule has 0 amide bonds. The summed E-state index contributed by atoms with van der Waals surface area (Å²) in [5.74, 6) is -7.06. The highest BCUT2D eigenvalue weighted by molar-refractivity contribution is 6.38. The maximum Gasteiger partial charge on any atom is 0.573 e. The molecule has 4 N–H and O–H groups in total. The van der Waals surface area contributed by atoms with Crippen molar-refractivity contribution < 1.29 is 41.7 Å². The number of aliphatic hydroxyl groups is 1. The van der Waals surface area contributed by atoms with Crippen LogP contribution in [0, 0.1) is 11.3 Å². The van der Waals surface area contributed by atoms with Crippen molar-refractivity contribution >= 4 is 35.0 Å². The first-order chi connectivity index (χ1) is 14.7. The highest BCUT2D eigenvalue weighted by Gasteiger charge is 2.79. The second-order valence-corrected chi connectivity index (χ2v) is 7.14. The van der Waals surface area contributed by atoms with Crippen LogP contribution >= 0.6 is 23.2 Å². The Labute approximate surface area is 186 Å². The summed E-state index contributed by atoms with van der Waals surface area (Å²) < 4.78 is 69.2. The average Bonchev–Trinajstić information content (AvgIpc) is 3.06. The molecule has 1 heterocycles. The first-order valence-corrected chi connectivity index (χ1v) is 9.18. The molecular weight excluding hydrogens is 490 g/mol. The smallest absolute Gasteiger partial charge is 0.480 e. The fraction of sp³-hybridized carbons (Fsp3) is 0.353. The number of hydrogen-bond acceptors (Lipinski definition) is 6. The fourth-order valence-electron chi connectivity index (χ4n) is 2.94. The number of ether oxygens (including phenoxy) is 1. The summed E-state index contributed by atoms with van der Waals surface area (Å²) in [6.07, 6.45) is -6.15. The third-order valence-electron chi connectivity index (χ3n) is 4.24. The van der Waals surface area contributed by atoms with E-state index in [1.165, 1.54) is 6.07 Å². The van der Waals surface area contributed by atoms with Gasteiger partial charge in [-0.05, 0) is 6.92 Å². The van der Waals surface area contributed by atoms with Gasteiger partial charge < -0.3 is 20.7 Å². The van der Waals surface area contributed by atoms with Crippen LogP contribution in [-0.4, -0.2) is 44.9 Å². The number of aromatic nitrogens is 2. The van der Waals surface area contributed by atoms with E-state index in [2.05, 4.69) is 9.84 Å². The lowest BCUT2D eigenvalue weighted by atomic mass is 9.95. The zero-order valence-electron chi connectivity index (χ0n) is 15.8. The minimum atomic E-state index is -5.04. The van der Waals surface area contributed by atoms with Crippen LogP contribution in [0.4, 0.5) is 27.8 Å². The molecule has 0 saturated heterocycles. The van der Waals surface area contributed by atoms with Gasteiger partial charge in [-0.25, -0.2) is 13.5 Å². The van der Waals surface area contributed by atoms with E-state index in [4.69, 9.17) is 34.0 Å². The van der Waals surface area contributed by atoms with Crippen LogP contribution in [0.2, 0.25) is 10.0 Å². The topological polar surface area (TPSA) is 134 Å². The van der Waals surface area contributed by atoms with Crippen LogP contribution < -0.4 is 10.5 Å². The molecule has 1 aromatic heterocycles. The lowest BCUT2D eigenvalue weighted by molar-refractivity contribution is -0.274. The number of aliphatic hydroxyl groups excluding tert-OH is 1. The number of carboxylic acids is 1. The molecule has 0 bridgehead atoms. The summed E-state index contributed by atoms with van der Waals surface area (Å²) in [7, 11) is 0. The molecule has 0 aliphatic heterocycles. The van der Waals surface area contributed by atoms with Crippen LogP contribution in [-0.2, 0) is 10.2 Å². The number of rotatable bonds is 4. The number of aliphatic carboxylic acids is 1. The number of alkyl halides is 5. The largest absolute Gasteiger partial charge is 0.573 e. The lowest BCUT2D eigenvalue weighted by Crippen LogP contribution is -2.28. The van der Waals surface area contributed by atoms with Crippen molar-refractivity contribution in [2.75, 3.05) is 12.3 Å². The molecule has 1 fully saturated rings. The number of nitrogens with two attached hydrogens (primary N) is 1. The average molecular weight is 503 g/mol. The Kier molecular flexibility index (Phi) is 6.84. The van der Waals surface area contributed by atoms with E-state index in [0.717, 1.165) is 0 Å². The van der Waals surface area contributed by atoms with Crippen molar-refractivity contribution in [1.29, 1.82) is 5.26 Å². The minimum absolute atomic E-state index is 0.250. The zero-order chi connectivity index (χ0) is 24.6. The van der Waals surface area contributed by atoms with Gasteiger partial charge in [-0.1, -0.05) is 23.2 Å². The predicted octanol–water partition coefficient (Wildman–Crippen LogP) is 3.89. The molecule has 0 spiro atoms. The van der Waals surface area contributed by atoms with Gasteiger partial charge >= 0.3 is 12.3 Å². The van der Waals surface area contributed by atoms with Crippen LogP contribution in [0.1, 0.15) is 24.6 Å². The summed E-state index contributed by atoms with van der Waals surface area (Å²) in [4.78, 5) is 11.5. The number of benzene rings is 1. The fourth-order valence-corrected chi connectivity index (χ4v) is 3.56. The van der Waals surface area contributed by atoms with Crippen molar-refractivity contribution in [3.05, 3.63) is 33.4 Å². The van der Waals surface area contributed by atoms with Crippen molar-refractivity contribution in [3.8, 4) is 17.5 Å². The molecule has 1 saturated carbocycles. The molecule has 15 heteroatoms. The molecule has 1 aliphatic carbocycles. The Morgan fingerprint density at radius 2 is 1.84 bits per heavy atom. The number of carbonyl (C=O) groups is 1. The number of nitriles is 1. The van der Waals surface area contributed by atoms with Crippen molar-refractivity contribution in [1.82, 2.24) is 9.78 Å². The summed E-state index contributed by atoms with van der Waals surface area (Å²) in [6, 6.07) is 2.90. The number of nitrogen functional groups attached to an aromatic ring is 1. The summed E-state index contributed by atoms with van der Waals surface area (Å²) in [5, 5.41) is 28.8. The molecule has 174 valence electrons. The number of anilines is 1. The van der Waals surface area contributed by atoms with E-state index in [9.17, 15) is 37.1 Å². The predicted molar refractivity (Wildman–Crippen MR) is 101 cm³/mol. The van der Waals surface area contributed by atoms with Gasteiger partial charge in [-0.15, -0.1) is 13.2 Å². The second-order valence-electron chi connectivity index (χ2n) is 6.32. The number of hydrogen-bond donors (Lipinski definition) is 3. The Morgan fingerprint density at radius 1 is 1.38 bits per heavy atom. The van der Waals surface area contributed by atoms with Gasteiger partial charge in [0.15, 0.2) is 11.1 Å². The SMILES string of the molecule is CCO.N#Cc1nn(-c2c(Cl)cc(OC(F)(F)F)cc2Cl)c(N)c1C1(C(=O)O)CC1(F)F. The number of nitrogens with zero attached hydrogens (tertiary/aromatic N) is 3. The van der Waals surface area contributed by atoms with Crippen LogP contribution in [0.25, 0.3) is 5.69 Å². The zero-order valence-corrected chi connectivity index (χ0v) is 17.4. The van der Waals surface area contributed by atoms with Gasteiger partial charge in [0.1, 0.15) is 23.3 Å². The molecule has 32 heavy (non-hydrogen) atoms. The number of carboxylic acid groups (broad SMARTS) is 1. The van der Waals surface area contributed by atoms with Gasteiger partial charge in [0.2, 0.25) is 0 Å². The normalized spacial score (nSPS) is 18.9. The van der Waals surface area contributed by atoms with Crippen molar-refractivity contribution in [2.24, 2.45) is 0 Å². The van der Waals surface area contributed by atoms with Gasteiger partial charge in [0, 0.05) is 25.2 Å².